The van der Waals surface area contributed by atoms with Crippen LogP contribution < -0.4 is 5.32 Å². The third kappa shape index (κ3) is 2.67. The van der Waals surface area contributed by atoms with Gasteiger partial charge in [-0.25, -0.2) is 4.79 Å². The number of carbonyl (C=O) groups is 2. The van der Waals surface area contributed by atoms with Gasteiger partial charge in [-0.3, -0.25) is 4.79 Å². The fourth-order valence-corrected chi connectivity index (χ4v) is 1.70. The molecule has 19 heavy (non-hydrogen) atoms. The summed E-state index contributed by atoms with van der Waals surface area (Å²) in [5.41, 5.74) is 0.831. The molecule has 0 atom stereocenters. The maximum atomic E-state index is 11.8. The largest absolute Gasteiger partial charge is 0.478 e. The van der Waals surface area contributed by atoms with Crippen LogP contribution in [-0.4, -0.2) is 17.0 Å². The molecule has 0 unspecified atom stereocenters. The Kier molecular flexibility index (Phi) is 3.41. The molecular weight excluding hydrogens is 250 g/mol. The third-order valence-electron chi connectivity index (χ3n) is 2.69. The van der Waals surface area contributed by atoms with Crippen molar-refractivity contribution in [3.8, 4) is 0 Å². The van der Waals surface area contributed by atoms with E-state index in [4.69, 9.17) is 13.9 Å². The van der Waals surface area contributed by atoms with Crippen molar-refractivity contribution in [3.63, 3.8) is 0 Å². The first-order valence-corrected chi connectivity index (χ1v) is 5.64. The van der Waals surface area contributed by atoms with E-state index >= 15 is 0 Å². The smallest absolute Gasteiger partial charge is 0.339 e. The summed E-state index contributed by atoms with van der Waals surface area (Å²) in [6.45, 7) is 3.43. The van der Waals surface area contributed by atoms with Crippen LogP contribution in [0.15, 0.2) is 27.2 Å². The molecule has 0 bridgehead atoms. The summed E-state index contributed by atoms with van der Waals surface area (Å²) >= 11 is 0. The van der Waals surface area contributed by atoms with E-state index in [-0.39, 0.29) is 23.8 Å². The quantitative estimate of drug-likeness (QED) is 0.881. The number of carboxylic acids is 1. The van der Waals surface area contributed by atoms with Gasteiger partial charge < -0.3 is 19.3 Å². The third-order valence-corrected chi connectivity index (χ3v) is 2.69. The van der Waals surface area contributed by atoms with Crippen LogP contribution in [0.25, 0.3) is 0 Å². The Balaban J connectivity index is 2.03. The van der Waals surface area contributed by atoms with Gasteiger partial charge in [0.05, 0.1) is 12.8 Å². The Morgan fingerprint density at radius 2 is 2.11 bits per heavy atom. The number of rotatable bonds is 4. The van der Waals surface area contributed by atoms with E-state index in [0.717, 1.165) is 5.56 Å². The zero-order valence-electron chi connectivity index (χ0n) is 10.5. The molecule has 1 amide bonds. The average molecular weight is 263 g/mol. The van der Waals surface area contributed by atoms with Gasteiger partial charge in [0, 0.05) is 5.56 Å². The second-order valence-electron chi connectivity index (χ2n) is 4.10. The SMILES string of the molecule is Cc1ccoc1C(=O)NCc1cc(C(=O)O)c(C)o1. The lowest BCUT2D eigenvalue weighted by Crippen LogP contribution is -2.22. The highest BCUT2D eigenvalue weighted by Crippen LogP contribution is 2.15. The van der Waals surface area contributed by atoms with Crippen molar-refractivity contribution in [2.45, 2.75) is 20.4 Å². The zero-order valence-corrected chi connectivity index (χ0v) is 10.5. The van der Waals surface area contributed by atoms with Crippen LogP contribution in [0.4, 0.5) is 0 Å². The van der Waals surface area contributed by atoms with Crippen molar-refractivity contribution in [1.29, 1.82) is 0 Å². The molecule has 0 aliphatic heterocycles. The maximum absolute atomic E-state index is 11.8. The lowest BCUT2D eigenvalue weighted by Gasteiger charge is -2.01. The molecule has 0 spiro atoms. The first kappa shape index (κ1) is 12.9. The van der Waals surface area contributed by atoms with Crippen molar-refractivity contribution in [3.05, 3.63) is 46.8 Å². The van der Waals surface area contributed by atoms with Gasteiger partial charge in [0.15, 0.2) is 5.76 Å². The minimum Gasteiger partial charge on any atom is -0.478 e. The van der Waals surface area contributed by atoms with Crippen molar-refractivity contribution < 1.29 is 23.5 Å². The van der Waals surface area contributed by atoms with E-state index in [1.807, 2.05) is 0 Å². The van der Waals surface area contributed by atoms with Gasteiger partial charge in [0.2, 0.25) is 0 Å². The molecule has 2 rings (SSSR count). The first-order chi connectivity index (χ1) is 8.99. The molecule has 0 radical (unpaired) electrons. The highest BCUT2D eigenvalue weighted by atomic mass is 16.4. The molecular formula is C13H13NO5. The second kappa shape index (κ2) is 5.01. The summed E-state index contributed by atoms with van der Waals surface area (Å²) in [7, 11) is 0. The van der Waals surface area contributed by atoms with Gasteiger partial charge in [0.1, 0.15) is 17.1 Å². The molecule has 2 heterocycles. The number of hydrogen-bond acceptors (Lipinski definition) is 4. The standard InChI is InChI=1S/C13H13NO5/c1-7-3-4-18-11(7)12(15)14-6-9-5-10(13(16)17)8(2)19-9/h3-5H,6H2,1-2H3,(H,14,15)(H,16,17). The Morgan fingerprint density at radius 1 is 1.37 bits per heavy atom. The van der Waals surface area contributed by atoms with Gasteiger partial charge in [-0.2, -0.15) is 0 Å². The molecule has 0 fully saturated rings. The summed E-state index contributed by atoms with van der Waals surface area (Å²) in [6.07, 6.45) is 1.43. The Bertz CT molecular complexity index is 623. The van der Waals surface area contributed by atoms with Crippen molar-refractivity contribution >= 4 is 11.9 Å². The van der Waals surface area contributed by atoms with Crippen LogP contribution in [0.1, 0.15) is 38.0 Å². The van der Waals surface area contributed by atoms with Crippen LogP contribution >= 0.6 is 0 Å². The Morgan fingerprint density at radius 3 is 2.63 bits per heavy atom. The Labute approximate surface area is 109 Å². The normalized spacial score (nSPS) is 10.4. The number of amides is 1. The van der Waals surface area contributed by atoms with E-state index in [1.165, 1.54) is 12.3 Å². The number of aromatic carboxylic acids is 1. The van der Waals surface area contributed by atoms with E-state index in [0.29, 0.717) is 11.5 Å². The van der Waals surface area contributed by atoms with Crippen LogP contribution in [0.2, 0.25) is 0 Å². The van der Waals surface area contributed by atoms with Crippen LogP contribution in [-0.2, 0) is 6.54 Å². The predicted molar refractivity (Wildman–Crippen MR) is 65.0 cm³/mol. The fourth-order valence-electron chi connectivity index (χ4n) is 1.70. The Hall–Kier alpha value is -2.50. The summed E-state index contributed by atoms with van der Waals surface area (Å²) in [4.78, 5) is 22.6. The van der Waals surface area contributed by atoms with Gasteiger partial charge in [0.25, 0.3) is 5.91 Å². The summed E-state index contributed by atoms with van der Waals surface area (Å²) in [6, 6.07) is 3.08. The van der Waals surface area contributed by atoms with Crippen LogP contribution in [0.5, 0.6) is 0 Å². The zero-order chi connectivity index (χ0) is 14.0. The monoisotopic (exact) mass is 263 g/mol. The lowest BCUT2D eigenvalue weighted by atomic mass is 10.2. The first-order valence-electron chi connectivity index (χ1n) is 5.64. The summed E-state index contributed by atoms with van der Waals surface area (Å²) in [5.74, 6) is -0.491. The lowest BCUT2D eigenvalue weighted by molar-refractivity contribution is 0.0694. The van der Waals surface area contributed by atoms with Crippen LogP contribution in [0, 0.1) is 13.8 Å². The van der Waals surface area contributed by atoms with Crippen molar-refractivity contribution in [2.75, 3.05) is 0 Å². The van der Waals surface area contributed by atoms with E-state index in [9.17, 15) is 9.59 Å². The number of carboxylic acid groups (broad SMARTS) is 1. The highest BCUT2D eigenvalue weighted by molar-refractivity contribution is 5.92. The molecule has 2 N–H and O–H groups in total. The second-order valence-corrected chi connectivity index (χ2v) is 4.10. The number of nitrogens with one attached hydrogen (secondary N) is 1. The molecule has 0 aliphatic carbocycles. The van der Waals surface area contributed by atoms with E-state index < -0.39 is 5.97 Å². The number of carbonyl (C=O) groups excluding carboxylic acids is 1. The van der Waals surface area contributed by atoms with Crippen molar-refractivity contribution in [1.82, 2.24) is 5.32 Å². The summed E-state index contributed by atoms with van der Waals surface area (Å²) in [5, 5.41) is 11.5. The molecule has 100 valence electrons. The number of aryl methyl sites for hydroxylation is 2. The van der Waals surface area contributed by atoms with Gasteiger partial charge in [-0.1, -0.05) is 0 Å². The number of hydrogen-bond donors (Lipinski definition) is 2. The van der Waals surface area contributed by atoms with E-state index in [1.54, 1.807) is 19.9 Å². The summed E-state index contributed by atoms with van der Waals surface area (Å²) < 4.78 is 10.3. The highest BCUT2D eigenvalue weighted by Gasteiger charge is 2.16. The predicted octanol–water partition coefficient (Wildman–Crippen LogP) is 2.12. The van der Waals surface area contributed by atoms with Crippen molar-refractivity contribution in [2.24, 2.45) is 0 Å². The average Bonchev–Trinajstić information content (AvgIpc) is 2.92. The van der Waals surface area contributed by atoms with Gasteiger partial charge in [-0.15, -0.1) is 0 Å². The fraction of sp³-hybridized carbons (Fsp3) is 0.231. The molecule has 2 aromatic heterocycles. The molecule has 0 aliphatic rings. The molecule has 6 nitrogen and oxygen atoms in total. The molecule has 0 aromatic carbocycles. The van der Waals surface area contributed by atoms with E-state index in [2.05, 4.69) is 5.32 Å². The minimum atomic E-state index is -1.05. The van der Waals surface area contributed by atoms with Gasteiger partial charge >= 0.3 is 5.97 Å². The minimum absolute atomic E-state index is 0.0958. The van der Waals surface area contributed by atoms with Gasteiger partial charge in [-0.05, 0) is 26.0 Å². The molecule has 6 heteroatoms. The topological polar surface area (TPSA) is 92.7 Å². The number of furan rings is 2. The maximum Gasteiger partial charge on any atom is 0.339 e. The van der Waals surface area contributed by atoms with Crippen LogP contribution in [0.3, 0.4) is 0 Å². The molecule has 0 saturated carbocycles. The molecule has 2 aromatic rings. The molecule has 0 saturated heterocycles.